The third-order valence-corrected chi connectivity index (χ3v) is 1.24. The van der Waals surface area contributed by atoms with E-state index in [1.165, 1.54) is 0 Å². The molecule has 0 rings (SSSR count). The lowest BCUT2D eigenvalue weighted by molar-refractivity contribution is 0.865. The van der Waals surface area contributed by atoms with E-state index in [1.54, 1.807) is 0 Å². The Morgan fingerprint density at radius 3 is 0.867 bits per heavy atom. The summed E-state index contributed by atoms with van der Waals surface area (Å²) in [5.41, 5.74) is 10.0. The quantitative estimate of drug-likeness (QED) is 0.385. The van der Waals surface area contributed by atoms with E-state index in [1.807, 2.05) is 27.7 Å². The van der Waals surface area contributed by atoms with Crippen LogP contribution in [0.2, 0.25) is 0 Å². The van der Waals surface area contributed by atoms with Crippen molar-refractivity contribution in [1.29, 1.82) is 10.8 Å². The molecule has 0 spiro atoms. The zero-order chi connectivity index (χ0) is 10.3. The number of hydrogen-bond acceptors (Lipinski definition) is 3. The lowest BCUT2D eigenvalue weighted by Gasteiger charge is -1.95. The molecule has 0 radical (unpaired) electrons. The minimum Gasteiger partial charge on any atom is -0.387 e. The van der Waals surface area contributed by atoms with Crippen LogP contribution in [-0.4, -0.2) is 11.7 Å². The predicted octanol–water partition coefficient (Wildman–Crippen LogP) is 2.16. The molecule has 0 unspecified atom stereocenters. The Hall–Kier alpha value is -0.520. The Bertz CT molecular complexity index is 141. The Kier molecular flexibility index (Phi) is 31.1. The van der Waals surface area contributed by atoms with Crippen molar-refractivity contribution in [2.24, 2.45) is 23.3 Å². The molecule has 7 heteroatoms. The Morgan fingerprint density at radius 1 is 0.800 bits per heavy atom. The van der Waals surface area contributed by atoms with E-state index in [4.69, 9.17) is 22.3 Å². The van der Waals surface area contributed by atoms with Crippen molar-refractivity contribution >= 4 is 36.5 Å². The van der Waals surface area contributed by atoms with E-state index in [-0.39, 0.29) is 54.5 Å². The number of amidine groups is 2. The predicted molar refractivity (Wildman–Crippen MR) is 73.0 cm³/mol. The highest BCUT2D eigenvalue weighted by Crippen LogP contribution is 1.85. The molecule has 0 saturated heterocycles. The standard InChI is InChI=1S/2C4H10N2.2ClH.H3N/c2*1-3(2)4(5)6;;;/h2*3H,1-2H3,(H3,5,6);2*1H;1H3. The van der Waals surface area contributed by atoms with E-state index < -0.39 is 0 Å². The van der Waals surface area contributed by atoms with Crippen LogP contribution in [-0.2, 0) is 0 Å². The van der Waals surface area contributed by atoms with Crippen LogP contribution in [0.1, 0.15) is 27.7 Å². The number of nitrogens with two attached hydrogens (primary N) is 2. The highest BCUT2D eigenvalue weighted by atomic mass is 35.5. The summed E-state index contributed by atoms with van der Waals surface area (Å²) in [5, 5.41) is 13.5. The zero-order valence-electron chi connectivity index (χ0n) is 9.83. The van der Waals surface area contributed by atoms with Gasteiger partial charge >= 0.3 is 0 Å². The summed E-state index contributed by atoms with van der Waals surface area (Å²) in [6.45, 7) is 7.56. The molecular weight excluding hydrogens is 237 g/mol. The van der Waals surface area contributed by atoms with Crippen LogP contribution in [0.15, 0.2) is 0 Å². The van der Waals surface area contributed by atoms with Crippen LogP contribution in [0, 0.1) is 22.7 Å². The minimum atomic E-state index is 0. The maximum atomic E-state index is 6.73. The first-order valence-corrected chi connectivity index (χ1v) is 3.96. The summed E-state index contributed by atoms with van der Waals surface area (Å²) in [7, 11) is 0. The Balaban J connectivity index is -0.0000000370. The number of rotatable bonds is 2. The van der Waals surface area contributed by atoms with Gasteiger partial charge in [0.05, 0.1) is 11.7 Å². The van der Waals surface area contributed by atoms with Gasteiger partial charge in [-0.3, -0.25) is 10.8 Å². The van der Waals surface area contributed by atoms with Gasteiger partial charge in [0.1, 0.15) is 0 Å². The van der Waals surface area contributed by atoms with Gasteiger partial charge in [0.25, 0.3) is 0 Å². The first-order valence-electron chi connectivity index (χ1n) is 3.96. The van der Waals surface area contributed by atoms with Crippen LogP contribution in [0.5, 0.6) is 0 Å². The van der Waals surface area contributed by atoms with Crippen molar-refractivity contribution in [1.82, 2.24) is 6.15 Å². The molecular formula is C8H25Cl2N5. The molecule has 9 N–H and O–H groups in total. The summed E-state index contributed by atoms with van der Waals surface area (Å²) < 4.78 is 0. The molecule has 0 aromatic heterocycles. The molecule has 96 valence electrons. The molecule has 5 nitrogen and oxygen atoms in total. The second kappa shape index (κ2) is 15.9. The lowest BCUT2D eigenvalue weighted by atomic mass is 10.2. The van der Waals surface area contributed by atoms with E-state index >= 15 is 0 Å². The monoisotopic (exact) mass is 261 g/mol. The first-order chi connectivity index (χ1) is 5.29. The van der Waals surface area contributed by atoms with Gasteiger partial charge in [-0.25, -0.2) is 0 Å². The molecule has 0 heterocycles. The van der Waals surface area contributed by atoms with E-state index in [9.17, 15) is 0 Å². The van der Waals surface area contributed by atoms with Crippen molar-refractivity contribution in [2.75, 3.05) is 0 Å². The van der Waals surface area contributed by atoms with Gasteiger partial charge in [-0.15, -0.1) is 24.8 Å². The molecule has 0 bridgehead atoms. The molecule has 0 atom stereocenters. The topological polar surface area (TPSA) is 135 Å². The van der Waals surface area contributed by atoms with E-state index in [0.717, 1.165) is 0 Å². The highest BCUT2D eigenvalue weighted by molar-refractivity contribution is 5.85. The zero-order valence-corrected chi connectivity index (χ0v) is 11.5. The number of halogens is 2. The largest absolute Gasteiger partial charge is 0.387 e. The normalized spacial score (nSPS) is 7.33. The van der Waals surface area contributed by atoms with Crippen LogP contribution < -0.4 is 17.6 Å². The molecule has 0 amide bonds. The van der Waals surface area contributed by atoms with Gasteiger partial charge in [0, 0.05) is 11.8 Å². The second-order valence-corrected chi connectivity index (χ2v) is 3.22. The molecule has 0 aliphatic heterocycles. The van der Waals surface area contributed by atoms with Crippen LogP contribution in [0.3, 0.4) is 0 Å². The number of hydrogen-bond donors (Lipinski definition) is 5. The molecule has 0 aromatic carbocycles. The Labute approximate surface area is 105 Å². The molecule has 0 fully saturated rings. The number of nitrogens with one attached hydrogen (secondary N) is 2. The van der Waals surface area contributed by atoms with Crippen molar-refractivity contribution in [3.05, 3.63) is 0 Å². The maximum absolute atomic E-state index is 6.73. The fourth-order valence-electron chi connectivity index (χ4n) is 0. The summed E-state index contributed by atoms with van der Waals surface area (Å²) >= 11 is 0. The van der Waals surface area contributed by atoms with Crippen molar-refractivity contribution in [2.45, 2.75) is 27.7 Å². The minimum absolute atomic E-state index is 0. The van der Waals surface area contributed by atoms with Crippen molar-refractivity contribution in [3.8, 4) is 0 Å². The maximum Gasteiger partial charge on any atom is 0.0931 e. The second-order valence-electron chi connectivity index (χ2n) is 3.22. The van der Waals surface area contributed by atoms with Crippen molar-refractivity contribution in [3.63, 3.8) is 0 Å². The Morgan fingerprint density at radius 2 is 0.867 bits per heavy atom. The van der Waals surface area contributed by atoms with Crippen LogP contribution in [0.4, 0.5) is 0 Å². The third-order valence-electron chi connectivity index (χ3n) is 1.24. The van der Waals surface area contributed by atoms with Gasteiger partial charge in [0.15, 0.2) is 0 Å². The fraction of sp³-hybridized carbons (Fsp3) is 0.750. The average molecular weight is 262 g/mol. The first kappa shape index (κ1) is 29.3. The van der Waals surface area contributed by atoms with Gasteiger partial charge < -0.3 is 17.6 Å². The van der Waals surface area contributed by atoms with Gasteiger partial charge in [0.2, 0.25) is 0 Å². The van der Waals surface area contributed by atoms with Gasteiger partial charge in [-0.2, -0.15) is 0 Å². The highest BCUT2D eigenvalue weighted by Gasteiger charge is 1.91. The summed E-state index contributed by atoms with van der Waals surface area (Å²) in [6.07, 6.45) is 0. The fourth-order valence-corrected chi connectivity index (χ4v) is 0. The molecule has 0 aliphatic rings. The average Bonchev–Trinajstić information content (AvgIpc) is 1.88. The molecule has 0 aromatic rings. The van der Waals surface area contributed by atoms with Crippen LogP contribution >= 0.6 is 24.8 Å². The molecule has 0 aliphatic carbocycles. The van der Waals surface area contributed by atoms with E-state index in [0.29, 0.717) is 0 Å². The smallest absolute Gasteiger partial charge is 0.0931 e. The SMILES string of the molecule is CC(C)C(=N)N.CC(C)C(=N)N.Cl.Cl.N. The molecule has 15 heavy (non-hydrogen) atoms. The summed E-state index contributed by atoms with van der Waals surface area (Å²) in [4.78, 5) is 0. The van der Waals surface area contributed by atoms with Crippen molar-refractivity contribution < 1.29 is 0 Å². The third kappa shape index (κ3) is 31.8. The van der Waals surface area contributed by atoms with Crippen LogP contribution in [0.25, 0.3) is 0 Å². The van der Waals surface area contributed by atoms with Gasteiger partial charge in [-0.05, 0) is 0 Å². The summed E-state index contributed by atoms with van der Waals surface area (Å²) in [6, 6.07) is 0. The molecule has 0 saturated carbocycles. The lowest BCUT2D eigenvalue weighted by Crippen LogP contribution is -2.16. The van der Waals surface area contributed by atoms with E-state index in [2.05, 4.69) is 0 Å². The van der Waals surface area contributed by atoms with Gasteiger partial charge in [-0.1, -0.05) is 27.7 Å². The summed E-state index contributed by atoms with van der Waals surface area (Å²) in [5.74, 6) is 0.944.